The first kappa shape index (κ1) is 9.77. The number of hydrogen-bond acceptors (Lipinski definition) is 4. The van der Waals surface area contributed by atoms with Crippen LogP contribution in [0.25, 0.3) is 0 Å². The fourth-order valence-corrected chi connectivity index (χ4v) is 0.351. The average molecular weight is 172 g/mol. The first-order chi connectivity index (χ1) is 5.00. The van der Waals surface area contributed by atoms with Crippen LogP contribution in [0, 0.1) is 0 Å². The molecule has 2 aromatic rings. The monoisotopic (exact) mass is 172 g/mol. The van der Waals surface area contributed by atoms with E-state index in [0.29, 0.717) is 0 Å². The van der Waals surface area contributed by atoms with E-state index in [1.165, 1.54) is 18.9 Å². The van der Waals surface area contributed by atoms with Crippen LogP contribution < -0.4 is 0 Å². The van der Waals surface area contributed by atoms with Gasteiger partial charge in [-0.15, -0.1) is 0 Å². The summed E-state index contributed by atoms with van der Waals surface area (Å²) < 4.78 is 8.81. The Balaban J connectivity index is 0.000000167. The van der Waals surface area contributed by atoms with Crippen LogP contribution in [0.3, 0.4) is 0 Å². The molecule has 2 heterocycles. The molecule has 2 aromatic heterocycles. The molecule has 0 saturated carbocycles. The van der Waals surface area contributed by atoms with Crippen LogP contribution in [-0.4, -0.2) is 10.1 Å². The highest BCUT2D eigenvalue weighted by Crippen LogP contribution is 1.72. The normalized spacial score (nSPS) is 7.27. The van der Waals surface area contributed by atoms with Gasteiger partial charge in [-0.2, -0.15) is 13.5 Å². The molecular weight excluding hydrogens is 164 g/mol. The Bertz CT molecular complexity index is 158. The van der Waals surface area contributed by atoms with Gasteiger partial charge in [-0.3, -0.25) is 0 Å². The molecule has 4 nitrogen and oxygen atoms in total. The third kappa shape index (κ3) is 5.23. The smallest absolute Gasteiger partial charge is 0.180 e. The second-order valence-corrected chi connectivity index (χ2v) is 1.36. The molecule has 0 aliphatic rings. The van der Waals surface area contributed by atoms with Gasteiger partial charge >= 0.3 is 0 Å². The van der Waals surface area contributed by atoms with Crippen molar-refractivity contribution in [3.8, 4) is 0 Å². The van der Waals surface area contributed by atoms with Gasteiger partial charge < -0.3 is 8.94 Å². The number of nitrogens with zero attached hydrogens (tertiary/aromatic N) is 2. The van der Waals surface area contributed by atoms with E-state index in [-0.39, 0.29) is 13.5 Å². The Morgan fingerprint density at radius 3 is 2.18 bits per heavy atom. The van der Waals surface area contributed by atoms with E-state index in [0.717, 1.165) is 0 Å². The predicted molar refractivity (Wildman–Crippen MR) is 43.4 cm³/mol. The third-order valence-electron chi connectivity index (χ3n) is 0.694. The van der Waals surface area contributed by atoms with Crippen LogP contribution in [0.4, 0.5) is 0 Å². The second-order valence-electron chi connectivity index (χ2n) is 1.36. The highest BCUT2D eigenvalue weighted by atomic mass is 32.1. The Hall–Kier alpha value is -1.23. The lowest BCUT2D eigenvalue weighted by molar-refractivity contribution is 0.420. The van der Waals surface area contributed by atoms with Crippen molar-refractivity contribution < 1.29 is 8.94 Å². The molecule has 60 valence electrons. The van der Waals surface area contributed by atoms with Crippen molar-refractivity contribution in [2.24, 2.45) is 0 Å². The Morgan fingerprint density at radius 1 is 1.09 bits per heavy atom. The molecule has 0 aromatic carbocycles. The van der Waals surface area contributed by atoms with E-state index in [2.05, 4.69) is 19.1 Å². The van der Waals surface area contributed by atoms with Gasteiger partial charge in [-0.25, -0.2) is 4.98 Å². The Labute approximate surface area is 70.7 Å². The van der Waals surface area contributed by atoms with Crippen LogP contribution in [0.5, 0.6) is 0 Å². The zero-order chi connectivity index (χ0) is 7.07. The third-order valence-corrected chi connectivity index (χ3v) is 0.694. The van der Waals surface area contributed by atoms with Crippen molar-refractivity contribution in [2.75, 3.05) is 0 Å². The largest absolute Gasteiger partial charge is 0.452 e. The van der Waals surface area contributed by atoms with Gasteiger partial charge in [0.2, 0.25) is 0 Å². The van der Waals surface area contributed by atoms with Crippen LogP contribution in [0.15, 0.2) is 46.3 Å². The van der Waals surface area contributed by atoms with E-state index in [1.807, 2.05) is 0 Å². The fraction of sp³-hybridized carbons (Fsp3) is 0. The molecule has 0 amide bonds. The van der Waals surface area contributed by atoms with Crippen molar-refractivity contribution in [3.05, 3.63) is 37.4 Å². The summed E-state index contributed by atoms with van der Waals surface area (Å²) in [4.78, 5) is 3.56. The van der Waals surface area contributed by atoms with Crippen molar-refractivity contribution in [2.45, 2.75) is 0 Å². The molecule has 0 aliphatic heterocycles. The quantitative estimate of drug-likeness (QED) is 0.603. The highest BCUT2D eigenvalue weighted by Gasteiger charge is 1.60. The van der Waals surface area contributed by atoms with Crippen LogP contribution in [-0.2, 0) is 0 Å². The van der Waals surface area contributed by atoms with Gasteiger partial charge in [0.25, 0.3) is 0 Å². The van der Waals surface area contributed by atoms with Crippen molar-refractivity contribution in [1.82, 2.24) is 10.1 Å². The van der Waals surface area contributed by atoms with Gasteiger partial charge in [-0.1, -0.05) is 5.16 Å². The van der Waals surface area contributed by atoms with Crippen LogP contribution >= 0.6 is 13.5 Å². The maximum atomic E-state index is 4.47. The Morgan fingerprint density at radius 2 is 2.00 bits per heavy atom. The molecule has 0 atom stereocenters. The van der Waals surface area contributed by atoms with Crippen molar-refractivity contribution >= 4 is 13.5 Å². The minimum Gasteiger partial charge on any atom is -0.452 e. The van der Waals surface area contributed by atoms with Crippen molar-refractivity contribution in [3.63, 3.8) is 0 Å². The lowest BCUT2D eigenvalue weighted by atomic mass is 10.8. The van der Waals surface area contributed by atoms with E-state index >= 15 is 0 Å². The zero-order valence-electron chi connectivity index (χ0n) is 5.68. The highest BCUT2D eigenvalue weighted by molar-refractivity contribution is 7.59. The molecule has 0 bridgehead atoms. The summed E-state index contributed by atoms with van der Waals surface area (Å²) in [5.74, 6) is 0. The molecule has 0 radical (unpaired) electrons. The molecule has 0 N–H and O–H groups in total. The molecule has 11 heavy (non-hydrogen) atoms. The zero-order valence-corrected chi connectivity index (χ0v) is 6.68. The molecule has 0 spiro atoms. The lowest BCUT2D eigenvalue weighted by Gasteiger charge is -1.48. The molecule has 5 heteroatoms. The standard InChI is InChI=1S/2C3H3NO.H2S/c1-2-5-3-4-1;1-2-4-5-3-1;/h2*1-3H;1H2. The molecule has 0 aliphatic carbocycles. The first-order valence-electron chi connectivity index (χ1n) is 2.66. The molecule has 0 unspecified atom stereocenters. The topological polar surface area (TPSA) is 52.1 Å². The van der Waals surface area contributed by atoms with Gasteiger partial charge in [0.15, 0.2) is 6.39 Å². The van der Waals surface area contributed by atoms with Crippen LogP contribution in [0.2, 0.25) is 0 Å². The van der Waals surface area contributed by atoms with E-state index in [9.17, 15) is 0 Å². The minimum absolute atomic E-state index is 0. The number of aromatic nitrogens is 2. The summed E-state index contributed by atoms with van der Waals surface area (Å²) in [6, 6.07) is 1.72. The van der Waals surface area contributed by atoms with Gasteiger partial charge in [0, 0.05) is 0 Å². The van der Waals surface area contributed by atoms with Gasteiger partial charge in [-0.05, 0) is 6.07 Å². The minimum atomic E-state index is 0. The summed E-state index contributed by atoms with van der Waals surface area (Å²) in [5, 5.41) is 3.35. The summed E-state index contributed by atoms with van der Waals surface area (Å²) in [7, 11) is 0. The lowest BCUT2D eigenvalue weighted by Crippen LogP contribution is -1.38. The molecule has 2 rings (SSSR count). The van der Waals surface area contributed by atoms with Gasteiger partial charge in [0.1, 0.15) is 12.5 Å². The number of oxazole rings is 1. The summed E-state index contributed by atoms with van der Waals surface area (Å²) in [5.41, 5.74) is 0. The average Bonchev–Trinajstić information content (AvgIpc) is 2.67. The SMILES string of the molecule is S.c1cnoc1.c1cocn1. The summed E-state index contributed by atoms with van der Waals surface area (Å²) in [6.45, 7) is 0. The molecular formula is C6H8N2O2S. The van der Waals surface area contributed by atoms with Crippen LogP contribution in [0.1, 0.15) is 0 Å². The first-order valence-corrected chi connectivity index (χ1v) is 2.66. The molecule has 0 fully saturated rings. The van der Waals surface area contributed by atoms with E-state index < -0.39 is 0 Å². The van der Waals surface area contributed by atoms with Crippen molar-refractivity contribution in [1.29, 1.82) is 0 Å². The maximum absolute atomic E-state index is 4.47. The number of hydrogen-bond donors (Lipinski definition) is 0. The predicted octanol–water partition coefficient (Wildman–Crippen LogP) is 1.46. The van der Waals surface area contributed by atoms with Gasteiger partial charge in [0.05, 0.1) is 12.4 Å². The summed E-state index contributed by atoms with van der Waals surface area (Å²) >= 11 is 0. The maximum Gasteiger partial charge on any atom is 0.180 e. The fourth-order valence-electron chi connectivity index (χ4n) is 0.351. The molecule has 0 saturated heterocycles. The van der Waals surface area contributed by atoms with E-state index in [1.54, 1.807) is 18.5 Å². The van der Waals surface area contributed by atoms with E-state index in [4.69, 9.17) is 0 Å². The second kappa shape index (κ2) is 6.88. The summed E-state index contributed by atoms with van der Waals surface area (Å²) in [6.07, 6.45) is 7.57. The number of rotatable bonds is 0. The Kier molecular flexibility index (Phi) is 6.11.